The molecule has 0 radical (unpaired) electrons. The van der Waals surface area contributed by atoms with Crippen LogP contribution < -0.4 is 0 Å². The Balaban J connectivity index is 3.04. The Morgan fingerprint density at radius 1 is 1.39 bits per heavy atom. The molecule has 0 saturated heterocycles. The van der Waals surface area contributed by atoms with Crippen molar-refractivity contribution in [2.75, 3.05) is 7.11 Å². The van der Waals surface area contributed by atoms with Crippen LogP contribution in [0.25, 0.3) is 0 Å². The largest absolute Gasteiger partial charge is 0.469 e. The van der Waals surface area contributed by atoms with Crippen molar-refractivity contribution < 1.29 is 27.1 Å². The van der Waals surface area contributed by atoms with Crippen molar-refractivity contribution in [3.63, 3.8) is 0 Å². The lowest BCUT2D eigenvalue weighted by molar-refractivity contribution is -0.141. The first-order chi connectivity index (χ1) is 8.25. The predicted molar refractivity (Wildman–Crippen MR) is 56.5 cm³/mol. The fraction of sp³-hybridized carbons (Fsp3) is 0.417. The number of esters is 1. The van der Waals surface area contributed by atoms with E-state index in [2.05, 4.69) is 4.74 Å². The summed E-state index contributed by atoms with van der Waals surface area (Å²) in [6, 6.07) is 2.15. The van der Waals surface area contributed by atoms with Gasteiger partial charge in [-0.05, 0) is 29.7 Å². The molecule has 1 unspecified atom stereocenters. The molecular formula is C12H12F4O2. The average molecular weight is 264 g/mol. The quantitative estimate of drug-likeness (QED) is 0.617. The molecule has 0 aliphatic carbocycles. The highest BCUT2D eigenvalue weighted by Gasteiger charge is 2.31. The third kappa shape index (κ3) is 3.45. The molecule has 18 heavy (non-hydrogen) atoms. The second kappa shape index (κ2) is 5.37. The van der Waals surface area contributed by atoms with Crippen LogP contribution in [0.1, 0.15) is 30.4 Å². The predicted octanol–water partition coefficient (Wildman–Crippen LogP) is 3.51. The van der Waals surface area contributed by atoms with E-state index in [0.29, 0.717) is 6.07 Å². The van der Waals surface area contributed by atoms with Gasteiger partial charge in [0.2, 0.25) is 0 Å². The molecule has 6 heteroatoms. The Kier molecular flexibility index (Phi) is 4.32. The van der Waals surface area contributed by atoms with Gasteiger partial charge in [-0.25, -0.2) is 4.39 Å². The van der Waals surface area contributed by atoms with E-state index in [1.165, 1.54) is 6.92 Å². The summed E-state index contributed by atoms with van der Waals surface area (Å²) >= 11 is 0. The van der Waals surface area contributed by atoms with Crippen molar-refractivity contribution in [1.29, 1.82) is 0 Å². The minimum absolute atomic E-state index is 0.143. The Hall–Kier alpha value is -1.59. The van der Waals surface area contributed by atoms with Gasteiger partial charge in [0.05, 0.1) is 19.1 Å². The number of carbonyl (C=O) groups excluding carboxylic acids is 1. The fourth-order valence-corrected chi connectivity index (χ4v) is 1.54. The van der Waals surface area contributed by atoms with Gasteiger partial charge >= 0.3 is 12.1 Å². The second-order valence-corrected chi connectivity index (χ2v) is 3.92. The van der Waals surface area contributed by atoms with Crippen LogP contribution in [0, 0.1) is 5.82 Å². The summed E-state index contributed by atoms with van der Waals surface area (Å²) in [5, 5.41) is 0. The lowest BCUT2D eigenvalue weighted by Gasteiger charge is -2.14. The van der Waals surface area contributed by atoms with E-state index in [9.17, 15) is 22.4 Å². The maximum absolute atomic E-state index is 13.4. The van der Waals surface area contributed by atoms with E-state index < -0.39 is 29.4 Å². The first kappa shape index (κ1) is 14.5. The van der Waals surface area contributed by atoms with E-state index in [4.69, 9.17) is 0 Å². The van der Waals surface area contributed by atoms with Gasteiger partial charge in [0.1, 0.15) is 5.82 Å². The molecular weight excluding hydrogens is 252 g/mol. The third-order valence-electron chi connectivity index (χ3n) is 2.55. The lowest BCUT2D eigenvalue weighted by Crippen LogP contribution is -2.10. The molecule has 0 aliphatic rings. The van der Waals surface area contributed by atoms with Crippen LogP contribution >= 0.6 is 0 Å². The van der Waals surface area contributed by atoms with Crippen LogP contribution in [-0.4, -0.2) is 13.1 Å². The molecule has 1 rings (SSSR count). The Morgan fingerprint density at radius 2 is 2.00 bits per heavy atom. The number of carbonyl (C=O) groups is 1. The number of rotatable bonds is 3. The van der Waals surface area contributed by atoms with Crippen molar-refractivity contribution in [3.8, 4) is 0 Å². The fourth-order valence-electron chi connectivity index (χ4n) is 1.54. The molecule has 2 nitrogen and oxygen atoms in total. The lowest BCUT2D eigenvalue weighted by atomic mass is 9.95. The van der Waals surface area contributed by atoms with Gasteiger partial charge in [-0.15, -0.1) is 0 Å². The summed E-state index contributed by atoms with van der Waals surface area (Å²) in [7, 11) is 1.16. The van der Waals surface area contributed by atoms with Gasteiger partial charge in [0.25, 0.3) is 0 Å². The first-order valence-corrected chi connectivity index (χ1v) is 5.19. The maximum atomic E-state index is 13.4. The topological polar surface area (TPSA) is 26.3 Å². The zero-order valence-corrected chi connectivity index (χ0v) is 9.84. The molecule has 0 heterocycles. The Bertz CT molecular complexity index is 440. The molecule has 0 spiro atoms. The highest BCUT2D eigenvalue weighted by molar-refractivity contribution is 5.70. The zero-order valence-electron chi connectivity index (χ0n) is 9.84. The molecule has 0 fully saturated rings. The normalized spacial score (nSPS) is 13.2. The first-order valence-electron chi connectivity index (χ1n) is 5.19. The number of alkyl halides is 3. The van der Waals surface area contributed by atoms with Crippen molar-refractivity contribution in [2.45, 2.75) is 25.4 Å². The molecule has 1 atom stereocenters. The van der Waals surface area contributed by atoms with Crippen molar-refractivity contribution in [3.05, 3.63) is 35.1 Å². The van der Waals surface area contributed by atoms with Crippen molar-refractivity contribution >= 4 is 5.97 Å². The Morgan fingerprint density at radius 3 is 2.50 bits per heavy atom. The van der Waals surface area contributed by atoms with Crippen LogP contribution in [0.15, 0.2) is 18.2 Å². The third-order valence-corrected chi connectivity index (χ3v) is 2.55. The van der Waals surface area contributed by atoms with Crippen LogP contribution in [0.2, 0.25) is 0 Å². The Labute approximate surface area is 102 Å². The molecule has 0 amide bonds. The van der Waals surface area contributed by atoms with E-state index >= 15 is 0 Å². The van der Waals surface area contributed by atoms with Gasteiger partial charge in [0, 0.05) is 0 Å². The van der Waals surface area contributed by atoms with Crippen LogP contribution in [0.5, 0.6) is 0 Å². The summed E-state index contributed by atoms with van der Waals surface area (Å²) in [6.45, 7) is 1.47. The number of methoxy groups -OCH3 is 1. The summed E-state index contributed by atoms with van der Waals surface area (Å²) < 4.78 is 55.3. The molecule has 100 valence electrons. The van der Waals surface area contributed by atoms with E-state index in [1.54, 1.807) is 0 Å². The van der Waals surface area contributed by atoms with Crippen molar-refractivity contribution in [2.24, 2.45) is 0 Å². The van der Waals surface area contributed by atoms with Crippen molar-refractivity contribution in [1.82, 2.24) is 0 Å². The maximum Gasteiger partial charge on any atom is 0.416 e. The number of hydrogen-bond donors (Lipinski definition) is 0. The summed E-state index contributed by atoms with van der Waals surface area (Å²) in [5.41, 5.74) is -1.08. The van der Waals surface area contributed by atoms with Gasteiger partial charge < -0.3 is 4.74 Å². The standard InChI is InChI=1S/C12H12F4O2/c1-7(5-11(17)18-2)9-6-8(12(14,15)16)3-4-10(9)13/h3-4,6-7H,5H2,1-2H3. The number of hydrogen-bond acceptors (Lipinski definition) is 2. The van der Waals surface area contributed by atoms with E-state index in [0.717, 1.165) is 19.2 Å². The number of ether oxygens (including phenoxy) is 1. The monoisotopic (exact) mass is 264 g/mol. The molecule has 0 N–H and O–H groups in total. The summed E-state index contributed by atoms with van der Waals surface area (Å²) in [5.74, 6) is -2.04. The number of halogens is 4. The van der Waals surface area contributed by atoms with Crippen LogP contribution in [0.4, 0.5) is 17.6 Å². The van der Waals surface area contributed by atoms with E-state index in [1.807, 2.05) is 0 Å². The molecule has 0 bridgehead atoms. The molecule has 1 aromatic rings. The van der Waals surface area contributed by atoms with Crippen LogP contribution in [0.3, 0.4) is 0 Å². The zero-order chi connectivity index (χ0) is 13.9. The minimum Gasteiger partial charge on any atom is -0.469 e. The summed E-state index contributed by atoms with van der Waals surface area (Å²) in [6.07, 6.45) is -4.71. The highest BCUT2D eigenvalue weighted by Crippen LogP contribution is 2.33. The van der Waals surface area contributed by atoms with Crippen LogP contribution in [-0.2, 0) is 15.7 Å². The second-order valence-electron chi connectivity index (χ2n) is 3.92. The SMILES string of the molecule is COC(=O)CC(C)c1cc(C(F)(F)F)ccc1F. The average Bonchev–Trinajstić information content (AvgIpc) is 2.27. The van der Waals surface area contributed by atoms with E-state index in [-0.39, 0.29) is 12.0 Å². The van der Waals surface area contributed by atoms with Gasteiger partial charge in [-0.3, -0.25) is 4.79 Å². The highest BCUT2D eigenvalue weighted by atomic mass is 19.4. The molecule has 0 saturated carbocycles. The molecule has 0 aromatic heterocycles. The molecule has 1 aromatic carbocycles. The van der Waals surface area contributed by atoms with Gasteiger partial charge in [-0.2, -0.15) is 13.2 Å². The van der Waals surface area contributed by atoms with Gasteiger partial charge in [0.15, 0.2) is 0 Å². The number of benzene rings is 1. The van der Waals surface area contributed by atoms with Gasteiger partial charge in [-0.1, -0.05) is 6.92 Å². The molecule has 0 aliphatic heterocycles. The smallest absolute Gasteiger partial charge is 0.416 e. The minimum atomic E-state index is -4.53. The summed E-state index contributed by atoms with van der Waals surface area (Å²) in [4.78, 5) is 11.0.